The Kier molecular flexibility index (Phi) is 6.58. The molecule has 3 rings (SSSR count). The highest BCUT2D eigenvalue weighted by molar-refractivity contribution is 5.73. The standard InChI is InChI=1S/C21H33FN4O/c1-21(2,26-11-4-3-5-12-26)16-24-20(27)23-14-17-10-13-25(15-17)19-8-6-18(22)7-9-19/h6-9,17H,3-5,10-16H2,1-2H3,(H2,23,24,27)/t17-/m0/s1. The summed E-state index contributed by atoms with van der Waals surface area (Å²) >= 11 is 0. The molecule has 2 heterocycles. The number of amides is 2. The summed E-state index contributed by atoms with van der Waals surface area (Å²) in [5, 5.41) is 6.07. The molecule has 2 aliphatic heterocycles. The van der Waals surface area contributed by atoms with Crippen LogP contribution in [0.25, 0.3) is 0 Å². The van der Waals surface area contributed by atoms with Crippen molar-refractivity contribution in [2.75, 3.05) is 44.2 Å². The number of benzene rings is 1. The van der Waals surface area contributed by atoms with E-state index < -0.39 is 0 Å². The van der Waals surface area contributed by atoms with E-state index in [1.54, 1.807) is 0 Å². The summed E-state index contributed by atoms with van der Waals surface area (Å²) in [5.74, 6) is 0.219. The van der Waals surface area contributed by atoms with Gasteiger partial charge in [-0.2, -0.15) is 0 Å². The second-order valence-electron chi connectivity index (χ2n) is 8.50. The maximum atomic E-state index is 13.1. The summed E-state index contributed by atoms with van der Waals surface area (Å²) in [6.45, 7) is 9.83. The Morgan fingerprint density at radius 1 is 1.11 bits per heavy atom. The van der Waals surface area contributed by atoms with Gasteiger partial charge in [-0.05, 0) is 76.4 Å². The van der Waals surface area contributed by atoms with E-state index in [9.17, 15) is 9.18 Å². The van der Waals surface area contributed by atoms with Crippen molar-refractivity contribution in [3.63, 3.8) is 0 Å². The molecule has 6 heteroatoms. The molecule has 1 aromatic carbocycles. The molecule has 0 aliphatic carbocycles. The fraction of sp³-hybridized carbons (Fsp3) is 0.667. The van der Waals surface area contributed by atoms with Gasteiger partial charge in [-0.1, -0.05) is 6.42 Å². The van der Waals surface area contributed by atoms with Crippen LogP contribution in [-0.2, 0) is 0 Å². The lowest BCUT2D eigenvalue weighted by Gasteiger charge is -2.41. The van der Waals surface area contributed by atoms with Gasteiger partial charge in [0.15, 0.2) is 0 Å². The van der Waals surface area contributed by atoms with Gasteiger partial charge in [-0.25, -0.2) is 9.18 Å². The monoisotopic (exact) mass is 376 g/mol. The summed E-state index contributed by atoms with van der Waals surface area (Å²) < 4.78 is 13.1. The van der Waals surface area contributed by atoms with E-state index in [-0.39, 0.29) is 17.4 Å². The van der Waals surface area contributed by atoms with Crippen molar-refractivity contribution >= 4 is 11.7 Å². The van der Waals surface area contributed by atoms with Gasteiger partial charge in [-0.3, -0.25) is 4.90 Å². The van der Waals surface area contributed by atoms with Gasteiger partial charge in [0.05, 0.1) is 0 Å². The number of likely N-dealkylation sites (tertiary alicyclic amines) is 1. The smallest absolute Gasteiger partial charge is 0.314 e. The van der Waals surface area contributed by atoms with Crippen LogP contribution in [0.5, 0.6) is 0 Å². The maximum Gasteiger partial charge on any atom is 0.314 e. The van der Waals surface area contributed by atoms with Crippen LogP contribution in [-0.4, -0.2) is 55.7 Å². The molecule has 0 unspecified atom stereocenters. The minimum Gasteiger partial charge on any atom is -0.371 e. The molecule has 2 fully saturated rings. The minimum atomic E-state index is -0.208. The predicted octanol–water partition coefficient (Wildman–Crippen LogP) is 3.22. The van der Waals surface area contributed by atoms with Gasteiger partial charge in [0.25, 0.3) is 0 Å². The van der Waals surface area contributed by atoms with Crippen LogP contribution >= 0.6 is 0 Å². The molecule has 0 saturated carbocycles. The van der Waals surface area contributed by atoms with Gasteiger partial charge < -0.3 is 15.5 Å². The Bertz CT molecular complexity index is 613. The Morgan fingerprint density at radius 3 is 2.52 bits per heavy atom. The van der Waals surface area contributed by atoms with Gasteiger partial charge in [0.2, 0.25) is 0 Å². The van der Waals surface area contributed by atoms with Gasteiger partial charge >= 0.3 is 6.03 Å². The first-order valence-corrected chi connectivity index (χ1v) is 10.2. The third-order valence-electron chi connectivity index (χ3n) is 5.92. The van der Waals surface area contributed by atoms with E-state index in [0.717, 1.165) is 38.3 Å². The fourth-order valence-electron chi connectivity index (χ4n) is 4.09. The minimum absolute atomic E-state index is 0.00942. The molecule has 1 atom stereocenters. The molecule has 5 nitrogen and oxygen atoms in total. The quantitative estimate of drug-likeness (QED) is 0.801. The molecule has 2 saturated heterocycles. The number of carbonyl (C=O) groups excluding carboxylic acids is 1. The fourth-order valence-corrected chi connectivity index (χ4v) is 4.09. The Morgan fingerprint density at radius 2 is 1.81 bits per heavy atom. The maximum absolute atomic E-state index is 13.1. The van der Waals surface area contributed by atoms with Crippen LogP contribution in [0.3, 0.4) is 0 Å². The van der Waals surface area contributed by atoms with Crippen LogP contribution in [0.1, 0.15) is 39.5 Å². The molecule has 0 spiro atoms. The summed E-state index contributed by atoms with van der Waals surface area (Å²) in [6.07, 6.45) is 4.86. The number of halogens is 1. The molecular weight excluding hydrogens is 343 g/mol. The number of hydrogen-bond acceptors (Lipinski definition) is 3. The van der Waals surface area contributed by atoms with Crippen molar-refractivity contribution in [1.82, 2.24) is 15.5 Å². The predicted molar refractivity (Wildman–Crippen MR) is 108 cm³/mol. The molecule has 0 aromatic heterocycles. The Hall–Kier alpha value is -1.82. The summed E-state index contributed by atoms with van der Waals surface area (Å²) in [7, 11) is 0. The number of anilines is 1. The molecule has 0 radical (unpaired) electrons. The number of carbonyl (C=O) groups is 1. The zero-order chi connectivity index (χ0) is 19.3. The topological polar surface area (TPSA) is 47.6 Å². The Balaban J connectivity index is 1.37. The second-order valence-corrected chi connectivity index (χ2v) is 8.50. The SMILES string of the molecule is CC(C)(CNC(=O)NC[C@@H]1CCN(c2ccc(F)cc2)C1)N1CCCCC1. The first kappa shape index (κ1) is 19.9. The number of urea groups is 1. The molecule has 2 amide bonds. The highest BCUT2D eigenvalue weighted by Crippen LogP contribution is 2.23. The lowest BCUT2D eigenvalue weighted by molar-refractivity contribution is 0.0960. The van der Waals surface area contributed by atoms with E-state index in [1.807, 2.05) is 12.1 Å². The number of nitrogens with zero attached hydrogens (tertiary/aromatic N) is 2. The molecule has 27 heavy (non-hydrogen) atoms. The second kappa shape index (κ2) is 8.91. The summed E-state index contributed by atoms with van der Waals surface area (Å²) in [5.41, 5.74) is 1.04. The van der Waals surface area contributed by atoms with Crippen LogP contribution < -0.4 is 15.5 Å². The van der Waals surface area contributed by atoms with Gasteiger partial charge in [0, 0.05) is 37.4 Å². The van der Waals surface area contributed by atoms with Crippen molar-refractivity contribution in [2.45, 2.75) is 45.1 Å². The molecule has 2 aliphatic rings. The van der Waals surface area contributed by atoms with Crippen LogP contribution in [0.4, 0.5) is 14.9 Å². The number of nitrogens with one attached hydrogen (secondary N) is 2. The van der Waals surface area contributed by atoms with Crippen LogP contribution in [0.15, 0.2) is 24.3 Å². The van der Waals surface area contributed by atoms with E-state index in [0.29, 0.717) is 19.0 Å². The lowest BCUT2D eigenvalue weighted by atomic mass is 9.98. The number of hydrogen-bond donors (Lipinski definition) is 2. The normalized spacial score (nSPS) is 21.3. The summed E-state index contributed by atoms with van der Waals surface area (Å²) in [4.78, 5) is 17.0. The third kappa shape index (κ3) is 5.58. The van der Waals surface area contributed by atoms with Crippen LogP contribution in [0.2, 0.25) is 0 Å². The average molecular weight is 377 g/mol. The number of piperidine rings is 1. The number of rotatable bonds is 6. The van der Waals surface area contributed by atoms with Crippen molar-refractivity contribution in [2.24, 2.45) is 5.92 Å². The van der Waals surface area contributed by atoms with Crippen molar-refractivity contribution in [3.05, 3.63) is 30.1 Å². The van der Waals surface area contributed by atoms with E-state index >= 15 is 0 Å². The first-order valence-electron chi connectivity index (χ1n) is 10.2. The average Bonchev–Trinajstić information content (AvgIpc) is 3.15. The molecule has 2 N–H and O–H groups in total. The van der Waals surface area contributed by atoms with Gasteiger partial charge in [-0.15, -0.1) is 0 Å². The molecule has 1 aromatic rings. The lowest BCUT2D eigenvalue weighted by Crippen LogP contribution is -2.54. The third-order valence-corrected chi connectivity index (χ3v) is 5.92. The van der Waals surface area contributed by atoms with Gasteiger partial charge in [0.1, 0.15) is 5.82 Å². The summed E-state index contributed by atoms with van der Waals surface area (Å²) in [6, 6.07) is 6.55. The van der Waals surface area contributed by atoms with Crippen molar-refractivity contribution < 1.29 is 9.18 Å². The van der Waals surface area contributed by atoms with E-state index in [4.69, 9.17) is 0 Å². The van der Waals surface area contributed by atoms with Crippen molar-refractivity contribution in [1.29, 1.82) is 0 Å². The highest BCUT2D eigenvalue weighted by Gasteiger charge is 2.28. The van der Waals surface area contributed by atoms with E-state index in [1.165, 1.54) is 31.4 Å². The first-order chi connectivity index (χ1) is 12.9. The Labute approximate surface area is 162 Å². The van der Waals surface area contributed by atoms with E-state index in [2.05, 4.69) is 34.3 Å². The molecule has 150 valence electrons. The molecular formula is C21H33FN4O. The zero-order valence-corrected chi connectivity index (χ0v) is 16.6. The zero-order valence-electron chi connectivity index (χ0n) is 16.6. The van der Waals surface area contributed by atoms with Crippen molar-refractivity contribution in [3.8, 4) is 0 Å². The largest absolute Gasteiger partial charge is 0.371 e. The van der Waals surface area contributed by atoms with Crippen LogP contribution in [0, 0.1) is 11.7 Å². The molecule has 0 bridgehead atoms. The highest BCUT2D eigenvalue weighted by atomic mass is 19.1.